The van der Waals surface area contributed by atoms with Crippen molar-refractivity contribution in [3.8, 4) is 0 Å². The first-order valence-corrected chi connectivity index (χ1v) is 12.2. The summed E-state index contributed by atoms with van der Waals surface area (Å²) in [4.78, 5) is 34.6. The van der Waals surface area contributed by atoms with Gasteiger partial charge in [0.2, 0.25) is 5.91 Å². The zero-order valence-electron chi connectivity index (χ0n) is 19.3. The van der Waals surface area contributed by atoms with Crippen molar-refractivity contribution in [2.75, 3.05) is 39.3 Å². The molecule has 186 valence electrons. The monoisotopic (exact) mass is 533 g/mol. The van der Waals surface area contributed by atoms with Crippen LogP contribution >= 0.6 is 36.6 Å². The number of hydrogen-bond acceptors (Lipinski definition) is 5. The summed E-state index contributed by atoms with van der Waals surface area (Å²) in [6.07, 6.45) is 5.78. The van der Waals surface area contributed by atoms with E-state index < -0.39 is 0 Å². The number of halogens is 2. The molecule has 1 aromatic carbocycles. The molecular formula is C25H29Cl2N5O2S. The fourth-order valence-electron chi connectivity index (χ4n) is 4.33. The minimum absolute atomic E-state index is 0. The molecule has 2 aliphatic rings. The first kappa shape index (κ1) is 27.1. The largest absolute Gasteiger partial charge is 0.343 e. The van der Waals surface area contributed by atoms with E-state index in [9.17, 15) is 9.59 Å². The van der Waals surface area contributed by atoms with Crippen LogP contribution < -0.4 is 5.32 Å². The molecule has 0 atom stereocenters. The maximum absolute atomic E-state index is 12.7. The van der Waals surface area contributed by atoms with E-state index in [4.69, 9.17) is 0 Å². The van der Waals surface area contributed by atoms with Crippen LogP contribution in [0.25, 0.3) is 11.7 Å². The number of piperazine rings is 1. The number of aromatic nitrogens is 2. The lowest BCUT2D eigenvalue weighted by atomic mass is 10.1. The van der Waals surface area contributed by atoms with E-state index in [-0.39, 0.29) is 43.2 Å². The van der Waals surface area contributed by atoms with Gasteiger partial charge in [0.1, 0.15) is 5.65 Å². The van der Waals surface area contributed by atoms with E-state index in [0.29, 0.717) is 18.0 Å². The second-order valence-electron chi connectivity index (χ2n) is 8.35. The third kappa shape index (κ3) is 6.38. The number of nitrogens with zero attached hydrogens (tertiary/aromatic N) is 4. The van der Waals surface area contributed by atoms with Gasteiger partial charge in [-0.15, -0.1) is 24.8 Å². The van der Waals surface area contributed by atoms with Crippen LogP contribution in [-0.4, -0.2) is 70.3 Å². The molecule has 0 aliphatic carbocycles. The second-order valence-corrected chi connectivity index (χ2v) is 9.41. The minimum Gasteiger partial charge on any atom is -0.343 e. The number of carbonyl (C=O) groups is 2. The molecule has 4 heterocycles. The highest BCUT2D eigenvalue weighted by Crippen LogP contribution is 2.34. The predicted octanol–water partition coefficient (Wildman–Crippen LogP) is 3.52. The van der Waals surface area contributed by atoms with Gasteiger partial charge in [-0.3, -0.25) is 18.9 Å². The Morgan fingerprint density at radius 1 is 0.971 bits per heavy atom. The molecule has 0 bridgehead atoms. The van der Waals surface area contributed by atoms with Crippen LogP contribution in [0.15, 0.2) is 64.7 Å². The van der Waals surface area contributed by atoms with Crippen molar-refractivity contribution < 1.29 is 9.59 Å². The van der Waals surface area contributed by atoms with Gasteiger partial charge in [0, 0.05) is 26.2 Å². The van der Waals surface area contributed by atoms with E-state index >= 15 is 0 Å². The zero-order chi connectivity index (χ0) is 22.6. The second kappa shape index (κ2) is 12.4. The molecule has 0 saturated carbocycles. The van der Waals surface area contributed by atoms with Crippen molar-refractivity contribution in [1.29, 1.82) is 0 Å². The van der Waals surface area contributed by atoms with Crippen LogP contribution in [0, 0.1) is 0 Å². The lowest BCUT2D eigenvalue weighted by Crippen LogP contribution is -2.51. The number of hydrogen-bond donors (Lipinski definition) is 1. The molecular weight excluding hydrogens is 505 g/mol. The molecule has 5 rings (SSSR count). The van der Waals surface area contributed by atoms with Crippen molar-refractivity contribution in [2.45, 2.75) is 17.9 Å². The number of aryl methyl sites for hydroxylation is 1. The van der Waals surface area contributed by atoms with Gasteiger partial charge in [-0.05, 0) is 43.2 Å². The smallest absolute Gasteiger partial charge is 0.258 e. The number of rotatable bonds is 7. The van der Waals surface area contributed by atoms with E-state index in [1.807, 2.05) is 39.6 Å². The Labute approximate surface area is 221 Å². The van der Waals surface area contributed by atoms with Gasteiger partial charge >= 0.3 is 0 Å². The van der Waals surface area contributed by atoms with Crippen LogP contribution in [0.1, 0.15) is 17.7 Å². The summed E-state index contributed by atoms with van der Waals surface area (Å²) in [5.41, 5.74) is 3.11. The average Bonchev–Trinajstić information content (AvgIpc) is 3.28. The standard InChI is InChI=1S/C25H27N5O2S.2ClH/c31-23(29-14-12-28(13-15-29)11-5-8-19-6-2-1-3-7-19)18-27-25(32)21-16-20-17-26-22-9-4-10-24(33-21)30(20)22;;/h1-4,6-7,9-10,16-17H,5,8,11-15,18H2,(H,27,32);2*1H. The predicted molar refractivity (Wildman–Crippen MR) is 144 cm³/mol. The van der Waals surface area contributed by atoms with E-state index in [0.717, 1.165) is 48.8 Å². The highest BCUT2D eigenvalue weighted by molar-refractivity contribution is 8.04. The molecule has 35 heavy (non-hydrogen) atoms. The number of pyridine rings is 1. The Bertz CT molecular complexity index is 1190. The molecule has 2 aromatic heterocycles. The minimum atomic E-state index is -0.225. The van der Waals surface area contributed by atoms with E-state index in [2.05, 4.69) is 39.5 Å². The summed E-state index contributed by atoms with van der Waals surface area (Å²) in [5, 5.41) is 3.75. The first-order chi connectivity index (χ1) is 16.2. The lowest BCUT2D eigenvalue weighted by Gasteiger charge is -2.34. The number of imidazole rings is 1. The molecule has 3 aromatic rings. The van der Waals surface area contributed by atoms with Gasteiger partial charge in [0.05, 0.1) is 28.4 Å². The fraction of sp³-hybridized carbons (Fsp3) is 0.320. The maximum Gasteiger partial charge on any atom is 0.258 e. The van der Waals surface area contributed by atoms with E-state index in [1.54, 1.807) is 6.20 Å². The van der Waals surface area contributed by atoms with E-state index in [1.165, 1.54) is 17.3 Å². The molecule has 2 amide bonds. The first-order valence-electron chi connectivity index (χ1n) is 11.4. The molecule has 2 aliphatic heterocycles. The van der Waals surface area contributed by atoms with Crippen LogP contribution in [0.4, 0.5) is 0 Å². The van der Waals surface area contributed by atoms with Crippen LogP contribution in [0.5, 0.6) is 0 Å². The number of carbonyl (C=O) groups excluding carboxylic acids is 2. The Morgan fingerprint density at radius 3 is 2.51 bits per heavy atom. The summed E-state index contributed by atoms with van der Waals surface area (Å²) < 4.78 is 2.02. The third-order valence-corrected chi connectivity index (χ3v) is 7.20. The lowest BCUT2D eigenvalue weighted by molar-refractivity contribution is -0.133. The van der Waals surface area contributed by atoms with Gasteiger partial charge < -0.3 is 10.2 Å². The molecule has 1 fully saturated rings. The fourth-order valence-corrected chi connectivity index (χ4v) is 5.33. The zero-order valence-corrected chi connectivity index (χ0v) is 21.7. The molecule has 0 unspecified atom stereocenters. The maximum atomic E-state index is 12.7. The Kier molecular flexibility index (Phi) is 9.63. The summed E-state index contributed by atoms with van der Waals surface area (Å²) in [5.74, 6) is -0.252. The SMILES string of the molecule is Cl.Cl.O=C(NCC(=O)N1CCN(CCCc2ccccc2)CC1)C1=Cc2cnc3cccc(n23)S1. The molecule has 7 nitrogen and oxygen atoms in total. The molecule has 1 saturated heterocycles. The van der Waals surface area contributed by atoms with Crippen molar-refractivity contribution >= 4 is 60.1 Å². The van der Waals surface area contributed by atoms with Crippen molar-refractivity contribution in [3.05, 3.63) is 70.9 Å². The van der Waals surface area contributed by atoms with Gasteiger partial charge in [-0.2, -0.15) is 0 Å². The van der Waals surface area contributed by atoms with Crippen LogP contribution in [0.2, 0.25) is 0 Å². The van der Waals surface area contributed by atoms with Crippen molar-refractivity contribution in [3.63, 3.8) is 0 Å². The number of nitrogens with one attached hydrogen (secondary N) is 1. The van der Waals surface area contributed by atoms with Gasteiger partial charge in [-0.1, -0.05) is 48.2 Å². The topological polar surface area (TPSA) is 70.0 Å². The summed E-state index contributed by atoms with van der Waals surface area (Å²) in [6, 6.07) is 16.4. The Balaban J connectivity index is 0.00000171. The number of thioether (sulfide) groups is 1. The molecule has 0 radical (unpaired) electrons. The highest BCUT2D eigenvalue weighted by atomic mass is 35.5. The Hall–Kier alpha value is -2.52. The quantitative estimate of drug-likeness (QED) is 0.503. The normalized spacial score (nSPS) is 15.1. The van der Waals surface area contributed by atoms with Crippen LogP contribution in [0.3, 0.4) is 0 Å². The number of amides is 2. The van der Waals surface area contributed by atoms with Crippen molar-refractivity contribution in [2.24, 2.45) is 0 Å². The molecule has 1 N–H and O–H groups in total. The average molecular weight is 535 g/mol. The number of benzene rings is 1. The summed E-state index contributed by atoms with van der Waals surface area (Å²) in [6.45, 7) is 4.24. The van der Waals surface area contributed by atoms with Crippen LogP contribution in [-0.2, 0) is 16.0 Å². The Morgan fingerprint density at radius 2 is 1.74 bits per heavy atom. The molecule has 10 heteroatoms. The van der Waals surface area contributed by atoms with Gasteiger partial charge in [0.25, 0.3) is 5.91 Å². The third-order valence-electron chi connectivity index (χ3n) is 6.15. The highest BCUT2D eigenvalue weighted by Gasteiger charge is 2.23. The summed E-state index contributed by atoms with van der Waals surface area (Å²) in [7, 11) is 0. The van der Waals surface area contributed by atoms with Gasteiger partial charge in [-0.25, -0.2) is 4.98 Å². The molecule has 0 spiro atoms. The summed E-state index contributed by atoms with van der Waals surface area (Å²) >= 11 is 1.40. The van der Waals surface area contributed by atoms with Crippen molar-refractivity contribution in [1.82, 2.24) is 24.5 Å². The van der Waals surface area contributed by atoms with Gasteiger partial charge in [0.15, 0.2) is 0 Å².